The Balaban J connectivity index is 2.74. The zero-order valence-electron chi connectivity index (χ0n) is 9.33. The fourth-order valence-electron chi connectivity index (χ4n) is 1.32. The van der Waals surface area contributed by atoms with Crippen LogP contribution >= 0.6 is 0 Å². The maximum absolute atomic E-state index is 11.6. The number of carbonyl (C=O) groups excluding carboxylic acids is 1. The van der Waals surface area contributed by atoms with Gasteiger partial charge in [-0.15, -0.1) is 0 Å². The van der Waals surface area contributed by atoms with E-state index >= 15 is 0 Å². The molecule has 0 spiro atoms. The molecule has 15 heavy (non-hydrogen) atoms. The fraction of sp³-hybridized carbons (Fsp3) is 0.545. The van der Waals surface area contributed by atoms with E-state index in [1.54, 1.807) is 13.0 Å². The Kier molecular flexibility index (Phi) is 3.91. The van der Waals surface area contributed by atoms with Crippen LogP contribution in [0.15, 0.2) is 10.5 Å². The normalized spacial score (nSPS) is 12.5. The third-order valence-corrected chi connectivity index (χ3v) is 2.22. The summed E-state index contributed by atoms with van der Waals surface area (Å²) in [5, 5.41) is 11.4. The molecule has 0 saturated carbocycles. The van der Waals surface area contributed by atoms with Crippen molar-refractivity contribution in [2.45, 2.75) is 33.2 Å². The van der Waals surface area contributed by atoms with Crippen LogP contribution in [0.1, 0.15) is 35.7 Å². The van der Waals surface area contributed by atoms with Gasteiger partial charge in [-0.1, -0.05) is 6.92 Å². The molecule has 1 rings (SSSR count). The van der Waals surface area contributed by atoms with Crippen molar-refractivity contribution in [3.05, 3.63) is 23.2 Å². The molecule has 1 amide bonds. The molecule has 0 bridgehead atoms. The summed E-state index contributed by atoms with van der Waals surface area (Å²) in [5.74, 6) is 0.862. The van der Waals surface area contributed by atoms with Crippen molar-refractivity contribution in [3.8, 4) is 0 Å². The number of hydrogen-bond acceptors (Lipinski definition) is 3. The first-order valence-corrected chi connectivity index (χ1v) is 5.09. The second kappa shape index (κ2) is 4.98. The number of aryl methyl sites for hydroxylation is 2. The van der Waals surface area contributed by atoms with Crippen LogP contribution in [0, 0.1) is 6.92 Å². The van der Waals surface area contributed by atoms with E-state index in [4.69, 9.17) is 9.52 Å². The Morgan fingerprint density at radius 1 is 1.67 bits per heavy atom. The number of carbonyl (C=O) groups is 1. The Hall–Kier alpha value is -1.29. The lowest BCUT2D eigenvalue weighted by molar-refractivity contribution is 0.0892. The molecule has 0 saturated heterocycles. The molecule has 1 heterocycles. The first kappa shape index (κ1) is 11.8. The summed E-state index contributed by atoms with van der Waals surface area (Å²) >= 11 is 0. The van der Waals surface area contributed by atoms with E-state index in [9.17, 15) is 4.79 Å². The van der Waals surface area contributed by atoms with E-state index in [0.717, 1.165) is 17.7 Å². The van der Waals surface area contributed by atoms with Crippen molar-refractivity contribution in [2.24, 2.45) is 0 Å². The molecule has 1 unspecified atom stereocenters. The van der Waals surface area contributed by atoms with Gasteiger partial charge in [0.1, 0.15) is 5.76 Å². The standard InChI is InChI=1S/C11H17NO3/c1-4-9-7(2)5-10(15-9)11(14)12-8(3)6-13/h5,8,13H,4,6H2,1-3H3,(H,12,14). The topological polar surface area (TPSA) is 62.5 Å². The monoisotopic (exact) mass is 211 g/mol. The maximum Gasteiger partial charge on any atom is 0.287 e. The number of aliphatic hydroxyl groups is 1. The van der Waals surface area contributed by atoms with Crippen LogP contribution in [0.5, 0.6) is 0 Å². The van der Waals surface area contributed by atoms with Gasteiger partial charge in [0.15, 0.2) is 5.76 Å². The van der Waals surface area contributed by atoms with E-state index in [-0.39, 0.29) is 18.6 Å². The SMILES string of the molecule is CCc1oc(C(=O)NC(C)CO)cc1C. The second-order valence-electron chi connectivity index (χ2n) is 3.63. The number of nitrogens with one attached hydrogen (secondary N) is 1. The highest BCUT2D eigenvalue weighted by Crippen LogP contribution is 2.14. The molecule has 0 radical (unpaired) electrons. The lowest BCUT2D eigenvalue weighted by Crippen LogP contribution is -2.34. The van der Waals surface area contributed by atoms with Crippen LogP contribution in [0.3, 0.4) is 0 Å². The van der Waals surface area contributed by atoms with Crippen molar-refractivity contribution in [2.75, 3.05) is 6.61 Å². The Morgan fingerprint density at radius 2 is 2.33 bits per heavy atom. The fourth-order valence-corrected chi connectivity index (χ4v) is 1.32. The van der Waals surface area contributed by atoms with E-state index in [1.165, 1.54) is 0 Å². The Morgan fingerprint density at radius 3 is 2.80 bits per heavy atom. The molecule has 0 fully saturated rings. The van der Waals surface area contributed by atoms with Crippen LogP contribution < -0.4 is 5.32 Å². The third-order valence-electron chi connectivity index (χ3n) is 2.22. The minimum absolute atomic E-state index is 0.0773. The third kappa shape index (κ3) is 2.83. The number of rotatable bonds is 4. The van der Waals surface area contributed by atoms with Crippen LogP contribution in [0.2, 0.25) is 0 Å². The van der Waals surface area contributed by atoms with Gasteiger partial charge in [0.2, 0.25) is 0 Å². The summed E-state index contributed by atoms with van der Waals surface area (Å²) in [7, 11) is 0. The van der Waals surface area contributed by atoms with Gasteiger partial charge in [-0.25, -0.2) is 0 Å². The second-order valence-corrected chi connectivity index (χ2v) is 3.63. The molecule has 4 heteroatoms. The first-order valence-electron chi connectivity index (χ1n) is 5.09. The zero-order chi connectivity index (χ0) is 11.4. The van der Waals surface area contributed by atoms with Crippen LogP contribution in [-0.2, 0) is 6.42 Å². The van der Waals surface area contributed by atoms with Gasteiger partial charge < -0.3 is 14.8 Å². The largest absolute Gasteiger partial charge is 0.456 e. The summed E-state index contributed by atoms with van der Waals surface area (Å²) in [6.45, 7) is 5.54. The summed E-state index contributed by atoms with van der Waals surface area (Å²) in [6, 6.07) is 1.46. The molecule has 1 atom stereocenters. The highest BCUT2D eigenvalue weighted by Gasteiger charge is 2.14. The van der Waals surface area contributed by atoms with Crippen LogP contribution in [-0.4, -0.2) is 23.7 Å². The number of amides is 1. The first-order chi connectivity index (χ1) is 7.08. The van der Waals surface area contributed by atoms with Crippen molar-refractivity contribution >= 4 is 5.91 Å². The minimum atomic E-state index is -0.278. The molecular formula is C11H17NO3. The van der Waals surface area contributed by atoms with E-state index in [0.29, 0.717) is 5.76 Å². The van der Waals surface area contributed by atoms with Gasteiger partial charge >= 0.3 is 0 Å². The molecule has 1 aromatic rings. The van der Waals surface area contributed by atoms with Gasteiger partial charge in [0.05, 0.1) is 6.61 Å². The predicted molar refractivity (Wildman–Crippen MR) is 56.8 cm³/mol. The lowest BCUT2D eigenvalue weighted by Gasteiger charge is -2.08. The summed E-state index contributed by atoms with van der Waals surface area (Å²) in [6.07, 6.45) is 0.772. The maximum atomic E-state index is 11.6. The van der Waals surface area contributed by atoms with Gasteiger partial charge in [-0.3, -0.25) is 4.79 Å². The molecule has 84 valence electrons. The number of hydrogen-bond donors (Lipinski definition) is 2. The molecular weight excluding hydrogens is 194 g/mol. The molecule has 0 aromatic carbocycles. The summed E-state index contributed by atoms with van der Waals surface area (Å²) < 4.78 is 5.38. The number of aliphatic hydroxyl groups excluding tert-OH is 1. The van der Waals surface area contributed by atoms with Gasteiger partial charge in [-0.2, -0.15) is 0 Å². The molecule has 2 N–H and O–H groups in total. The molecule has 4 nitrogen and oxygen atoms in total. The summed E-state index contributed by atoms with van der Waals surface area (Å²) in [5.41, 5.74) is 0.985. The summed E-state index contributed by atoms with van der Waals surface area (Å²) in [4.78, 5) is 11.6. The van der Waals surface area contributed by atoms with Crippen molar-refractivity contribution in [3.63, 3.8) is 0 Å². The quantitative estimate of drug-likeness (QED) is 0.788. The van der Waals surface area contributed by atoms with Crippen molar-refractivity contribution in [1.82, 2.24) is 5.32 Å². The van der Waals surface area contributed by atoms with E-state index in [1.807, 2.05) is 13.8 Å². The number of furan rings is 1. The minimum Gasteiger partial charge on any atom is -0.456 e. The predicted octanol–water partition coefficient (Wildman–Crippen LogP) is 1.26. The van der Waals surface area contributed by atoms with Crippen molar-refractivity contribution in [1.29, 1.82) is 0 Å². The van der Waals surface area contributed by atoms with E-state index < -0.39 is 0 Å². The van der Waals surface area contributed by atoms with Crippen molar-refractivity contribution < 1.29 is 14.3 Å². The molecule has 0 aliphatic rings. The van der Waals surface area contributed by atoms with Crippen LogP contribution in [0.4, 0.5) is 0 Å². The molecule has 1 aromatic heterocycles. The van der Waals surface area contributed by atoms with Gasteiger partial charge in [0, 0.05) is 12.5 Å². The Labute approximate surface area is 89.3 Å². The average molecular weight is 211 g/mol. The molecule has 0 aliphatic carbocycles. The highest BCUT2D eigenvalue weighted by molar-refractivity contribution is 5.91. The van der Waals surface area contributed by atoms with E-state index in [2.05, 4.69) is 5.32 Å². The smallest absolute Gasteiger partial charge is 0.287 e. The average Bonchev–Trinajstić information content (AvgIpc) is 2.59. The van der Waals surface area contributed by atoms with Gasteiger partial charge in [0.25, 0.3) is 5.91 Å². The zero-order valence-corrected chi connectivity index (χ0v) is 9.33. The van der Waals surface area contributed by atoms with Gasteiger partial charge in [-0.05, 0) is 25.5 Å². The Bertz CT molecular complexity index is 344. The molecule has 0 aliphatic heterocycles. The lowest BCUT2D eigenvalue weighted by atomic mass is 10.2. The highest BCUT2D eigenvalue weighted by atomic mass is 16.4. The van der Waals surface area contributed by atoms with Crippen LogP contribution in [0.25, 0.3) is 0 Å².